The van der Waals surface area contributed by atoms with Crippen molar-refractivity contribution in [1.29, 1.82) is 0 Å². The number of fused-ring (bicyclic) bond motifs is 4. The molecule has 6 aromatic rings. The molecular weight excluding hydrogens is 631 g/mol. The summed E-state index contributed by atoms with van der Waals surface area (Å²) in [5.41, 5.74) is 9.56. The maximum atomic E-state index is 4.74. The number of rotatable bonds is 13. The van der Waals surface area contributed by atoms with Gasteiger partial charge in [-0.15, -0.1) is 0 Å². The van der Waals surface area contributed by atoms with Crippen LogP contribution in [0.15, 0.2) is 170 Å². The van der Waals surface area contributed by atoms with E-state index in [1.165, 1.54) is 49.6 Å². The van der Waals surface area contributed by atoms with E-state index in [1.807, 2.05) is 18.3 Å². The Bertz CT molecular complexity index is 2310. The lowest BCUT2D eigenvalue weighted by Crippen LogP contribution is -2.31. The number of hydrogen-bond donors (Lipinski definition) is 2. The molecule has 0 spiro atoms. The number of hydrogen-bond acceptors (Lipinski definition) is 2. The third kappa shape index (κ3) is 6.72. The zero-order valence-electron chi connectivity index (χ0n) is 31.0. The predicted molar refractivity (Wildman–Crippen MR) is 224 cm³/mol. The van der Waals surface area contributed by atoms with E-state index in [2.05, 4.69) is 183 Å². The summed E-state index contributed by atoms with van der Waals surface area (Å²) in [7, 11) is 2.22. The summed E-state index contributed by atoms with van der Waals surface area (Å²) in [6.07, 6.45) is 12.8. The van der Waals surface area contributed by atoms with Gasteiger partial charge in [0, 0.05) is 46.9 Å². The lowest BCUT2D eigenvalue weighted by atomic mass is 9.68. The van der Waals surface area contributed by atoms with Gasteiger partial charge in [-0.1, -0.05) is 123 Å². The molecular formula is C49H50N3+. The molecule has 0 fully saturated rings. The highest BCUT2D eigenvalue weighted by Crippen LogP contribution is 2.48. The van der Waals surface area contributed by atoms with Crippen LogP contribution in [0, 0.1) is 6.92 Å². The minimum atomic E-state index is -0.260. The van der Waals surface area contributed by atoms with E-state index in [9.17, 15) is 0 Å². The minimum absolute atomic E-state index is 0.165. The second-order valence-electron chi connectivity index (χ2n) is 14.7. The molecule has 0 saturated heterocycles. The van der Waals surface area contributed by atoms with Gasteiger partial charge in [0.25, 0.3) is 0 Å². The van der Waals surface area contributed by atoms with Gasteiger partial charge in [-0.2, -0.15) is 4.58 Å². The first kappa shape index (κ1) is 34.8. The maximum Gasteiger partial charge on any atom is 0.210 e. The van der Waals surface area contributed by atoms with E-state index < -0.39 is 0 Å². The standard InChI is InChI=1S/C49H49N3/c1-36-26-27-38-18-12-14-24-42(38)46(36)48(3,37(2)30-34-50-40-20-8-6-9-21-40)32-16-17-33-49(4)45(31-35-51-41-22-10-7-11-23-41)52(5)44-29-28-39-19-13-15-25-43(39)47(44)49/h6-15,18-31,34-35,50H,2,16-17,32-33H2,1,3-5H3/p+1/b34-30+. The number of aryl methyl sites for hydroxylation is 1. The zero-order chi connectivity index (χ0) is 36.1. The fourth-order valence-electron chi connectivity index (χ4n) is 8.52. The van der Waals surface area contributed by atoms with Crippen molar-refractivity contribution in [3.63, 3.8) is 0 Å². The topological polar surface area (TPSA) is 27.1 Å². The minimum Gasteiger partial charge on any atom is -0.362 e. The highest BCUT2D eigenvalue weighted by Gasteiger charge is 2.47. The number of nitrogens with one attached hydrogen (secondary N) is 2. The highest BCUT2D eigenvalue weighted by molar-refractivity contribution is 6.08. The summed E-state index contributed by atoms with van der Waals surface area (Å²) in [6.45, 7) is 11.9. The normalized spacial score (nSPS) is 16.8. The molecule has 1 aliphatic heterocycles. The van der Waals surface area contributed by atoms with Crippen molar-refractivity contribution in [3.05, 3.63) is 187 Å². The number of anilines is 2. The summed E-state index contributed by atoms with van der Waals surface area (Å²) in [6, 6.07) is 47.5. The van der Waals surface area contributed by atoms with Crippen LogP contribution < -0.4 is 10.6 Å². The summed E-state index contributed by atoms with van der Waals surface area (Å²) in [4.78, 5) is 0. The monoisotopic (exact) mass is 680 g/mol. The van der Waals surface area contributed by atoms with E-state index in [4.69, 9.17) is 6.58 Å². The average molecular weight is 681 g/mol. The smallest absolute Gasteiger partial charge is 0.210 e. The van der Waals surface area contributed by atoms with Crippen molar-refractivity contribution in [2.45, 2.75) is 57.3 Å². The summed E-state index contributed by atoms with van der Waals surface area (Å²) in [5, 5.41) is 12.2. The van der Waals surface area contributed by atoms with Gasteiger partial charge in [0.05, 0.1) is 5.41 Å². The molecule has 0 radical (unpaired) electrons. The average Bonchev–Trinajstić information content (AvgIpc) is 3.39. The fourth-order valence-corrected chi connectivity index (χ4v) is 8.52. The van der Waals surface area contributed by atoms with Crippen LogP contribution in [0.5, 0.6) is 0 Å². The van der Waals surface area contributed by atoms with Crippen molar-refractivity contribution in [2.24, 2.45) is 0 Å². The van der Waals surface area contributed by atoms with E-state index >= 15 is 0 Å². The summed E-state index contributed by atoms with van der Waals surface area (Å²) >= 11 is 0. The molecule has 2 atom stereocenters. The molecule has 0 aliphatic carbocycles. The second-order valence-corrected chi connectivity index (χ2v) is 14.7. The van der Waals surface area contributed by atoms with Crippen molar-refractivity contribution in [3.8, 4) is 0 Å². The SMILES string of the molecule is C=C(/C=C/Nc1ccccc1)C(C)(CCCCC1(C)C(/C=C/Nc2ccccc2)=[N+](C)c2ccc3ccccc3c21)c1c(C)ccc2ccccc12. The largest absolute Gasteiger partial charge is 0.362 e. The molecule has 0 aromatic heterocycles. The maximum absolute atomic E-state index is 4.74. The Labute approximate surface area is 309 Å². The van der Waals surface area contributed by atoms with Crippen LogP contribution >= 0.6 is 0 Å². The van der Waals surface area contributed by atoms with E-state index in [-0.39, 0.29) is 10.8 Å². The molecule has 2 unspecified atom stereocenters. The molecule has 52 heavy (non-hydrogen) atoms. The Morgan fingerprint density at radius 1 is 0.712 bits per heavy atom. The number of para-hydroxylation sites is 2. The molecule has 1 heterocycles. The van der Waals surface area contributed by atoms with Crippen molar-refractivity contribution in [2.75, 3.05) is 17.7 Å². The van der Waals surface area contributed by atoms with Crippen LogP contribution in [0.25, 0.3) is 21.5 Å². The quantitative estimate of drug-likeness (QED) is 0.0722. The Morgan fingerprint density at radius 3 is 1.98 bits per heavy atom. The highest BCUT2D eigenvalue weighted by atomic mass is 15.0. The first-order chi connectivity index (χ1) is 25.3. The van der Waals surface area contributed by atoms with Gasteiger partial charge >= 0.3 is 0 Å². The van der Waals surface area contributed by atoms with Gasteiger partial charge in [-0.05, 0) is 101 Å². The molecule has 2 N–H and O–H groups in total. The van der Waals surface area contributed by atoms with Crippen LogP contribution in [0.4, 0.5) is 17.1 Å². The van der Waals surface area contributed by atoms with E-state index in [0.29, 0.717) is 0 Å². The van der Waals surface area contributed by atoms with Crippen LogP contribution in [-0.4, -0.2) is 17.3 Å². The lowest BCUT2D eigenvalue weighted by molar-refractivity contribution is -0.401. The van der Waals surface area contributed by atoms with Gasteiger partial charge in [0.2, 0.25) is 5.69 Å². The Morgan fingerprint density at radius 2 is 1.29 bits per heavy atom. The zero-order valence-corrected chi connectivity index (χ0v) is 31.0. The number of nitrogens with zero attached hydrogens (tertiary/aromatic N) is 1. The van der Waals surface area contributed by atoms with Gasteiger partial charge in [-0.3, -0.25) is 0 Å². The fraction of sp³-hybridized carbons (Fsp3) is 0.204. The molecule has 260 valence electrons. The summed E-state index contributed by atoms with van der Waals surface area (Å²) < 4.78 is 2.40. The van der Waals surface area contributed by atoms with E-state index in [1.54, 1.807) is 0 Å². The molecule has 3 nitrogen and oxygen atoms in total. The van der Waals surface area contributed by atoms with Gasteiger partial charge in [0.15, 0.2) is 5.71 Å². The molecule has 6 aromatic carbocycles. The first-order valence-electron chi connectivity index (χ1n) is 18.6. The van der Waals surface area contributed by atoms with Gasteiger partial charge in [0.1, 0.15) is 7.05 Å². The third-order valence-electron chi connectivity index (χ3n) is 11.3. The van der Waals surface area contributed by atoms with Crippen molar-refractivity contribution >= 4 is 44.3 Å². The lowest BCUT2D eigenvalue weighted by Gasteiger charge is -2.35. The first-order valence-corrected chi connectivity index (χ1v) is 18.6. The molecule has 3 heteroatoms. The van der Waals surface area contributed by atoms with Gasteiger partial charge in [-0.25, -0.2) is 0 Å². The van der Waals surface area contributed by atoms with Crippen molar-refractivity contribution in [1.82, 2.24) is 0 Å². The van der Waals surface area contributed by atoms with E-state index in [0.717, 1.165) is 42.6 Å². The van der Waals surface area contributed by atoms with Gasteiger partial charge < -0.3 is 10.6 Å². The number of benzene rings is 6. The molecule has 1 aliphatic rings. The predicted octanol–water partition coefficient (Wildman–Crippen LogP) is 12.6. The van der Waals surface area contributed by atoms with Crippen molar-refractivity contribution < 1.29 is 4.58 Å². The Hall–Kier alpha value is -5.67. The van der Waals surface area contributed by atoms with Crippen LogP contribution in [-0.2, 0) is 10.8 Å². The van der Waals surface area contributed by atoms with Crippen LogP contribution in [0.3, 0.4) is 0 Å². The molecule has 0 amide bonds. The van der Waals surface area contributed by atoms with Crippen LogP contribution in [0.2, 0.25) is 0 Å². The third-order valence-corrected chi connectivity index (χ3v) is 11.3. The van der Waals surface area contributed by atoms with Crippen LogP contribution in [0.1, 0.15) is 56.2 Å². The number of allylic oxidation sites excluding steroid dienone is 3. The summed E-state index contributed by atoms with van der Waals surface area (Å²) in [5.74, 6) is 0. The molecule has 0 bridgehead atoms. The number of unbranched alkanes of at least 4 members (excludes halogenated alkanes) is 1. The Balaban J connectivity index is 1.19. The molecule has 7 rings (SSSR count). The second kappa shape index (κ2) is 14.9. The molecule has 0 saturated carbocycles. The Kier molecular flexibility index (Phi) is 9.96.